The summed E-state index contributed by atoms with van der Waals surface area (Å²) in [5, 5.41) is 39.1. The van der Waals surface area contributed by atoms with Crippen molar-refractivity contribution in [3.05, 3.63) is 172 Å². The second-order valence-electron chi connectivity index (χ2n) is 17.6. The fourth-order valence-corrected chi connectivity index (χ4v) is 14.4. The van der Waals surface area contributed by atoms with Gasteiger partial charge in [0.2, 0.25) is 5.91 Å². The van der Waals surface area contributed by atoms with Crippen LogP contribution in [0.15, 0.2) is 139 Å². The number of anilines is 2. The Balaban J connectivity index is 1.07. The van der Waals surface area contributed by atoms with E-state index in [1.54, 1.807) is 22.8 Å². The first-order chi connectivity index (χ1) is 31.4. The zero-order chi connectivity index (χ0) is 45.5. The predicted molar refractivity (Wildman–Crippen MR) is 250 cm³/mol. The molecule has 0 radical (unpaired) electrons. The molecule has 6 aromatic rings. The lowest BCUT2D eigenvalue weighted by Gasteiger charge is -2.37. The molecule has 1 aromatic heterocycles. The third kappa shape index (κ3) is 7.93. The molecule has 2 amide bonds. The number of methoxy groups -OCH3 is 1. The number of aryl methyl sites for hydroxylation is 1. The van der Waals surface area contributed by atoms with Gasteiger partial charge in [0, 0.05) is 49.2 Å². The Morgan fingerprint density at radius 2 is 1.68 bits per heavy atom. The molecular weight excluding hydrogens is 839 g/mol. The van der Waals surface area contributed by atoms with Crippen LogP contribution >= 0.6 is 0 Å². The lowest BCUT2D eigenvalue weighted by molar-refractivity contribution is -0.385. The van der Waals surface area contributed by atoms with E-state index in [0.29, 0.717) is 48.4 Å². The maximum absolute atomic E-state index is 15.6. The first kappa shape index (κ1) is 43.4. The normalized spacial score (nSPS) is 21.1. The van der Waals surface area contributed by atoms with Crippen LogP contribution in [-0.2, 0) is 33.0 Å². The van der Waals surface area contributed by atoms with Gasteiger partial charge in [0.15, 0.2) is 5.60 Å². The number of aliphatic hydroxyl groups is 1. The third-order valence-corrected chi connectivity index (χ3v) is 18.0. The largest absolute Gasteiger partial charge is 0.497 e. The zero-order valence-corrected chi connectivity index (χ0v) is 37.8. The minimum Gasteiger partial charge on any atom is -0.497 e. The summed E-state index contributed by atoms with van der Waals surface area (Å²) in [5.41, 5.74) is 3.83. The summed E-state index contributed by atoms with van der Waals surface area (Å²) in [6, 6.07) is 39.6. The van der Waals surface area contributed by atoms with Gasteiger partial charge < -0.3 is 19.5 Å². The van der Waals surface area contributed by atoms with Crippen molar-refractivity contribution in [2.75, 3.05) is 23.6 Å². The highest BCUT2D eigenvalue weighted by Gasteiger charge is 2.66. The molecule has 5 aromatic carbocycles. The van der Waals surface area contributed by atoms with Crippen molar-refractivity contribution in [3.63, 3.8) is 0 Å². The molecule has 1 saturated heterocycles. The Morgan fingerprint density at radius 1 is 0.938 bits per heavy atom. The van der Waals surface area contributed by atoms with E-state index in [1.165, 1.54) is 17.1 Å². The molecule has 1 N–H and O–H groups in total. The molecule has 1 fully saturated rings. The summed E-state index contributed by atoms with van der Waals surface area (Å²) in [6.07, 6.45) is 2.69. The second-order valence-corrected chi connectivity index (χ2v) is 22.3. The summed E-state index contributed by atoms with van der Waals surface area (Å²) in [6.45, 7) is 7.03. The minimum absolute atomic E-state index is 0.121. The number of amides is 2. The van der Waals surface area contributed by atoms with Gasteiger partial charge in [0.1, 0.15) is 5.75 Å². The van der Waals surface area contributed by atoms with E-state index in [-0.39, 0.29) is 42.1 Å². The van der Waals surface area contributed by atoms with Gasteiger partial charge >= 0.3 is 0 Å². The van der Waals surface area contributed by atoms with E-state index in [1.807, 2.05) is 103 Å². The number of nitro groups is 1. The van der Waals surface area contributed by atoms with Gasteiger partial charge in [-0.1, -0.05) is 115 Å². The van der Waals surface area contributed by atoms with Gasteiger partial charge in [-0.25, -0.2) is 5.01 Å². The summed E-state index contributed by atoms with van der Waals surface area (Å²) in [7, 11) is -0.927. The number of hydrazone groups is 1. The molecule has 14 nitrogen and oxygen atoms in total. The van der Waals surface area contributed by atoms with Gasteiger partial charge in [0.25, 0.3) is 11.6 Å². The number of fused-ring (bicyclic) bond motifs is 2. The summed E-state index contributed by atoms with van der Waals surface area (Å²) >= 11 is 0. The summed E-state index contributed by atoms with van der Waals surface area (Å²) < 4.78 is 14.6. The fourth-order valence-electron chi connectivity index (χ4n) is 10.3. The van der Waals surface area contributed by atoms with Crippen molar-refractivity contribution in [1.29, 1.82) is 0 Å². The van der Waals surface area contributed by atoms with Gasteiger partial charge in [-0.05, 0) is 59.0 Å². The van der Waals surface area contributed by atoms with E-state index in [4.69, 9.17) is 14.6 Å². The van der Waals surface area contributed by atoms with Crippen LogP contribution in [0.5, 0.6) is 5.75 Å². The van der Waals surface area contributed by atoms with Crippen LogP contribution in [0.2, 0.25) is 18.6 Å². The SMILES string of the molecule is COc1ccc([Si](C)(C)[C@@H]2[C@@H](CCn3cc(C(CO)c4ccccc4)nn3)O[C@]3(C(=O)N(Cc4cccc(N5N=C(c6ccccc6)CCC5=O)c4)c4ccc([N+](=O)[O-])cc43)[C@H]2C)cc1. The number of ether oxygens (including phenoxy) is 2. The number of non-ortho nitro benzene ring substituents is 1. The smallest absolute Gasteiger partial charge is 0.269 e. The molecule has 65 heavy (non-hydrogen) atoms. The lowest BCUT2D eigenvalue weighted by atomic mass is 9.82. The molecule has 4 heterocycles. The van der Waals surface area contributed by atoms with Crippen molar-refractivity contribution < 1.29 is 29.1 Å². The zero-order valence-electron chi connectivity index (χ0n) is 36.8. The van der Waals surface area contributed by atoms with Gasteiger partial charge in [-0.15, -0.1) is 5.10 Å². The number of rotatable bonds is 14. The van der Waals surface area contributed by atoms with Crippen molar-refractivity contribution in [1.82, 2.24) is 15.0 Å². The number of carbonyl (C=O) groups is 2. The average molecular weight is 890 g/mol. The molecule has 332 valence electrons. The van der Waals surface area contributed by atoms with Crippen LogP contribution in [0.1, 0.15) is 60.1 Å². The van der Waals surface area contributed by atoms with Crippen LogP contribution in [0.3, 0.4) is 0 Å². The Hall–Kier alpha value is -6.81. The quantitative estimate of drug-likeness (QED) is 0.0655. The van der Waals surface area contributed by atoms with E-state index in [2.05, 4.69) is 42.5 Å². The Bertz CT molecular complexity index is 2770. The number of nitrogens with zero attached hydrogens (tertiary/aromatic N) is 7. The lowest BCUT2D eigenvalue weighted by Crippen LogP contribution is -2.51. The van der Waals surface area contributed by atoms with E-state index < -0.39 is 30.6 Å². The van der Waals surface area contributed by atoms with Crippen LogP contribution in [0, 0.1) is 16.0 Å². The summed E-state index contributed by atoms with van der Waals surface area (Å²) in [5.74, 6) is -0.453. The highest BCUT2D eigenvalue weighted by molar-refractivity contribution is 6.91. The number of nitro benzene ring substituents is 1. The van der Waals surface area contributed by atoms with Gasteiger partial charge in [-0.2, -0.15) is 5.10 Å². The molecule has 9 rings (SSSR count). The molecule has 1 unspecified atom stereocenters. The minimum atomic E-state index is -2.56. The monoisotopic (exact) mass is 889 g/mol. The maximum atomic E-state index is 15.6. The number of hydrogen-bond donors (Lipinski definition) is 1. The first-order valence-corrected chi connectivity index (χ1v) is 25.0. The number of benzene rings is 5. The van der Waals surface area contributed by atoms with Gasteiger partial charge in [0.05, 0.1) is 68.1 Å². The molecular formula is C50H51N7O7Si. The van der Waals surface area contributed by atoms with Gasteiger partial charge in [-0.3, -0.25) is 24.4 Å². The van der Waals surface area contributed by atoms with E-state index in [9.17, 15) is 20.0 Å². The highest BCUT2D eigenvalue weighted by atomic mass is 28.3. The van der Waals surface area contributed by atoms with Crippen LogP contribution in [0.25, 0.3) is 0 Å². The number of aromatic nitrogens is 3. The maximum Gasteiger partial charge on any atom is 0.269 e. The van der Waals surface area contributed by atoms with Crippen molar-refractivity contribution in [2.45, 2.75) is 75.5 Å². The number of hydrogen-bond acceptors (Lipinski definition) is 10. The number of carbonyl (C=O) groups excluding carboxylic acids is 2. The third-order valence-electron chi connectivity index (χ3n) is 13.6. The molecule has 3 aliphatic rings. The van der Waals surface area contributed by atoms with E-state index in [0.717, 1.165) is 33.3 Å². The standard InChI is InChI=1S/C50H51N7O7Si/c1-33-48(65(3,4)40-21-19-39(63-2)20-22-40)46(26-27-54-31-44(51-53-54)41(32-58)35-13-7-5-8-14-35)64-50(33)42-29-38(57(61)62)18-24-45(42)55(49(50)60)30-34-12-11-17-37(28-34)56-47(59)25-23-43(52-56)36-15-9-6-10-16-36/h5-22,24,28-29,31,33,41,46,48,58H,23,25-27,30,32H2,1-4H3/t33-,41?,46+,48-,50+/m0/s1. The molecule has 0 bridgehead atoms. The first-order valence-electron chi connectivity index (χ1n) is 22.0. The molecule has 15 heteroatoms. The molecule has 0 aliphatic carbocycles. The second kappa shape index (κ2) is 17.6. The Morgan fingerprint density at radius 3 is 2.38 bits per heavy atom. The average Bonchev–Trinajstić information content (AvgIpc) is 3.99. The highest BCUT2D eigenvalue weighted by Crippen LogP contribution is 2.60. The van der Waals surface area contributed by atoms with Crippen LogP contribution in [0.4, 0.5) is 17.1 Å². The summed E-state index contributed by atoms with van der Waals surface area (Å²) in [4.78, 5) is 42.5. The topological polar surface area (TPSA) is 166 Å². The van der Waals surface area contributed by atoms with Crippen molar-refractivity contribution in [3.8, 4) is 5.75 Å². The fraction of sp³-hybridized carbons (Fsp3) is 0.300. The Kier molecular flexibility index (Phi) is 11.8. The molecule has 5 atom stereocenters. The predicted octanol–water partition coefficient (Wildman–Crippen LogP) is 7.70. The molecule has 1 spiro atoms. The number of aliphatic hydroxyl groups excluding tert-OH is 1. The van der Waals surface area contributed by atoms with Crippen LogP contribution in [-0.4, -0.2) is 70.4 Å². The molecule has 3 aliphatic heterocycles. The van der Waals surface area contributed by atoms with Crippen LogP contribution < -0.4 is 19.8 Å². The molecule has 0 saturated carbocycles. The van der Waals surface area contributed by atoms with Crippen molar-refractivity contribution in [2.24, 2.45) is 11.0 Å². The Labute approximate surface area is 378 Å². The van der Waals surface area contributed by atoms with E-state index >= 15 is 4.79 Å². The van der Waals surface area contributed by atoms with Crippen molar-refractivity contribution >= 4 is 47.8 Å².